The first-order valence-corrected chi connectivity index (χ1v) is 8.03. The fourth-order valence-corrected chi connectivity index (χ4v) is 3.52. The molecule has 2 heterocycles. The van der Waals surface area contributed by atoms with Gasteiger partial charge in [-0.2, -0.15) is 11.3 Å². The van der Waals surface area contributed by atoms with Crippen LogP contribution in [0.25, 0.3) is 0 Å². The summed E-state index contributed by atoms with van der Waals surface area (Å²) in [5, 5.41) is 13.5. The van der Waals surface area contributed by atoms with Crippen LogP contribution in [0.3, 0.4) is 0 Å². The van der Waals surface area contributed by atoms with E-state index in [0.29, 0.717) is 32.2 Å². The summed E-state index contributed by atoms with van der Waals surface area (Å²) in [5.74, 6) is -0.845. The van der Waals surface area contributed by atoms with Gasteiger partial charge in [0.1, 0.15) is 5.41 Å². The quantitative estimate of drug-likeness (QED) is 0.873. The highest BCUT2D eigenvalue weighted by molar-refractivity contribution is 7.07. The molecule has 0 aromatic carbocycles. The first-order chi connectivity index (χ1) is 10.1. The van der Waals surface area contributed by atoms with E-state index < -0.39 is 11.4 Å². The highest BCUT2D eigenvalue weighted by Crippen LogP contribution is 2.31. The number of aliphatic carboxylic acids is 1. The fraction of sp³-hybridized carbons (Fsp3) is 0.600. The van der Waals surface area contributed by atoms with E-state index in [2.05, 4.69) is 0 Å². The van der Waals surface area contributed by atoms with Gasteiger partial charge in [0.25, 0.3) is 0 Å². The summed E-state index contributed by atoms with van der Waals surface area (Å²) in [4.78, 5) is 25.5. The van der Waals surface area contributed by atoms with Crippen molar-refractivity contribution in [2.45, 2.75) is 25.7 Å². The van der Waals surface area contributed by atoms with Gasteiger partial charge in [-0.05, 0) is 41.7 Å². The van der Waals surface area contributed by atoms with Crippen LogP contribution in [0.4, 0.5) is 0 Å². The Hall–Kier alpha value is -1.40. The molecule has 116 valence electrons. The Labute approximate surface area is 128 Å². The molecular formula is C15H21NO4S. The fourth-order valence-electron chi connectivity index (χ4n) is 2.82. The van der Waals surface area contributed by atoms with Crippen molar-refractivity contribution in [3.05, 3.63) is 22.4 Å². The van der Waals surface area contributed by atoms with Gasteiger partial charge in [0.2, 0.25) is 5.91 Å². The third-order valence-electron chi connectivity index (χ3n) is 4.01. The summed E-state index contributed by atoms with van der Waals surface area (Å²) >= 11 is 1.62. The highest BCUT2D eigenvalue weighted by Gasteiger charge is 2.43. The number of methoxy groups -OCH3 is 1. The Morgan fingerprint density at radius 2 is 2.33 bits per heavy atom. The normalized spacial score (nSPS) is 22.2. The number of thiophene rings is 1. The largest absolute Gasteiger partial charge is 0.481 e. The maximum Gasteiger partial charge on any atom is 0.313 e. The maximum absolute atomic E-state index is 12.3. The second-order valence-corrected chi connectivity index (χ2v) is 6.35. The van der Waals surface area contributed by atoms with Crippen LogP contribution in [0.2, 0.25) is 0 Å². The predicted octanol–water partition coefficient (Wildman–Crippen LogP) is 2.02. The van der Waals surface area contributed by atoms with Crippen molar-refractivity contribution in [3.63, 3.8) is 0 Å². The number of piperidine rings is 1. The van der Waals surface area contributed by atoms with Crippen molar-refractivity contribution in [3.8, 4) is 0 Å². The number of carboxylic acid groups (broad SMARTS) is 1. The van der Waals surface area contributed by atoms with Crippen molar-refractivity contribution in [1.29, 1.82) is 0 Å². The molecule has 6 heteroatoms. The van der Waals surface area contributed by atoms with Gasteiger partial charge >= 0.3 is 5.97 Å². The Bertz CT molecular complexity index is 484. The highest BCUT2D eigenvalue weighted by atomic mass is 32.1. The lowest BCUT2D eigenvalue weighted by Crippen LogP contribution is -2.52. The molecule has 1 aromatic rings. The number of likely N-dealkylation sites (tertiary alicyclic amines) is 1. The average Bonchev–Trinajstić information content (AvgIpc) is 2.98. The van der Waals surface area contributed by atoms with Gasteiger partial charge in [0, 0.05) is 26.6 Å². The lowest BCUT2D eigenvalue weighted by molar-refractivity contribution is -0.159. The number of ether oxygens (including phenoxy) is 1. The molecule has 1 unspecified atom stereocenters. The number of rotatable bonds is 6. The number of carbonyl (C=O) groups is 2. The van der Waals surface area contributed by atoms with Gasteiger partial charge < -0.3 is 14.7 Å². The molecule has 0 bridgehead atoms. The number of nitrogens with zero attached hydrogens (tertiary/aromatic N) is 1. The van der Waals surface area contributed by atoms with E-state index >= 15 is 0 Å². The number of carboxylic acids is 1. The molecule has 2 rings (SSSR count). The Morgan fingerprint density at radius 3 is 2.95 bits per heavy atom. The summed E-state index contributed by atoms with van der Waals surface area (Å²) < 4.78 is 5.08. The monoisotopic (exact) mass is 311 g/mol. The van der Waals surface area contributed by atoms with Crippen LogP contribution in [0.5, 0.6) is 0 Å². The molecule has 5 nitrogen and oxygen atoms in total. The third-order valence-corrected chi connectivity index (χ3v) is 4.74. The van der Waals surface area contributed by atoms with E-state index in [1.54, 1.807) is 16.2 Å². The first kappa shape index (κ1) is 16.0. The molecule has 0 saturated carbocycles. The minimum atomic E-state index is -0.953. The predicted molar refractivity (Wildman–Crippen MR) is 80.4 cm³/mol. The second-order valence-electron chi connectivity index (χ2n) is 5.57. The Kier molecular flexibility index (Phi) is 5.36. The van der Waals surface area contributed by atoms with Gasteiger partial charge in [-0.1, -0.05) is 0 Å². The molecule has 1 fully saturated rings. The third kappa shape index (κ3) is 3.83. The summed E-state index contributed by atoms with van der Waals surface area (Å²) in [6.45, 7) is 1.04. The molecular weight excluding hydrogens is 290 g/mol. The molecule has 1 amide bonds. The maximum atomic E-state index is 12.3. The summed E-state index contributed by atoms with van der Waals surface area (Å²) in [5.41, 5.74) is 0.206. The van der Waals surface area contributed by atoms with Crippen LogP contribution in [-0.2, 0) is 20.7 Å². The standard InChI is InChI=1S/C15H21NO4S/c1-20-11-15(14(18)19)6-2-7-16(10-15)13(17)4-3-12-5-8-21-9-12/h5,8-9H,2-4,6-7,10-11H2,1H3,(H,18,19). The van der Waals surface area contributed by atoms with Crippen molar-refractivity contribution < 1.29 is 19.4 Å². The number of aryl methyl sites for hydroxylation is 1. The van der Waals surface area contributed by atoms with Gasteiger partial charge in [-0.3, -0.25) is 9.59 Å². The van der Waals surface area contributed by atoms with E-state index in [1.165, 1.54) is 7.11 Å². The summed E-state index contributed by atoms with van der Waals surface area (Å²) in [6.07, 6.45) is 2.41. The SMILES string of the molecule is COCC1(C(=O)O)CCCN(C(=O)CCc2ccsc2)C1. The lowest BCUT2D eigenvalue weighted by atomic mass is 9.80. The summed E-state index contributed by atoms with van der Waals surface area (Å²) in [7, 11) is 1.50. The van der Waals surface area contributed by atoms with Crippen molar-refractivity contribution in [2.24, 2.45) is 5.41 Å². The molecule has 0 aliphatic carbocycles. The van der Waals surface area contributed by atoms with E-state index in [9.17, 15) is 14.7 Å². The number of hydrogen-bond acceptors (Lipinski definition) is 4. The minimum absolute atomic E-state index is 0.0302. The smallest absolute Gasteiger partial charge is 0.313 e. The summed E-state index contributed by atoms with van der Waals surface area (Å²) in [6, 6.07) is 2.01. The molecule has 1 aliphatic heterocycles. The molecule has 1 aromatic heterocycles. The van der Waals surface area contributed by atoms with Gasteiger partial charge in [-0.15, -0.1) is 0 Å². The number of hydrogen-bond donors (Lipinski definition) is 1. The van der Waals surface area contributed by atoms with Crippen molar-refractivity contribution in [1.82, 2.24) is 4.90 Å². The zero-order valence-electron chi connectivity index (χ0n) is 12.2. The molecule has 1 aliphatic rings. The Morgan fingerprint density at radius 1 is 1.52 bits per heavy atom. The van der Waals surface area contributed by atoms with Crippen molar-refractivity contribution >= 4 is 23.2 Å². The molecule has 1 saturated heterocycles. The average molecular weight is 311 g/mol. The topological polar surface area (TPSA) is 66.8 Å². The minimum Gasteiger partial charge on any atom is -0.481 e. The zero-order chi connectivity index (χ0) is 15.3. The van der Waals surface area contributed by atoms with E-state index in [-0.39, 0.29) is 19.1 Å². The molecule has 1 atom stereocenters. The van der Waals surface area contributed by atoms with Crippen LogP contribution in [0.1, 0.15) is 24.8 Å². The van der Waals surface area contributed by atoms with Crippen molar-refractivity contribution in [2.75, 3.05) is 26.8 Å². The zero-order valence-corrected chi connectivity index (χ0v) is 13.0. The van der Waals surface area contributed by atoms with Crippen LogP contribution in [-0.4, -0.2) is 48.7 Å². The Balaban J connectivity index is 1.96. The number of carbonyl (C=O) groups excluding carboxylic acids is 1. The molecule has 0 spiro atoms. The lowest BCUT2D eigenvalue weighted by Gasteiger charge is -2.39. The van der Waals surface area contributed by atoms with E-state index in [1.807, 2.05) is 16.8 Å². The van der Waals surface area contributed by atoms with Gasteiger partial charge in [0.15, 0.2) is 0 Å². The van der Waals surface area contributed by atoms with Crippen LogP contribution in [0.15, 0.2) is 16.8 Å². The van der Waals surface area contributed by atoms with Crippen LogP contribution >= 0.6 is 11.3 Å². The van der Waals surface area contributed by atoms with Crippen LogP contribution in [0, 0.1) is 5.41 Å². The molecule has 0 radical (unpaired) electrons. The number of amides is 1. The van der Waals surface area contributed by atoms with Crippen LogP contribution < -0.4 is 0 Å². The molecule has 21 heavy (non-hydrogen) atoms. The first-order valence-electron chi connectivity index (χ1n) is 7.08. The second kappa shape index (κ2) is 7.04. The van der Waals surface area contributed by atoms with E-state index in [0.717, 1.165) is 5.56 Å². The van der Waals surface area contributed by atoms with Gasteiger partial charge in [0.05, 0.1) is 6.61 Å². The molecule has 1 N–H and O–H groups in total. The van der Waals surface area contributed by atoms with E-state index in [4.69, 9.17) is 4.74 Å². The van der Waals surface area contributed by atoms with Gasteiger partial charge in [-0.25, -0.2) is 0 Å².